The molecule has 7 nitrogen and oxygen atoms in total. The van der Waals surface area contributed by atoms with Crippen molar-refractivity contribution in [2.75, 3.05) is 26.2 Å². The van der Waals surface area contributed by atoms with Crippen LogP contribution in [-0.4, -0.2) is 53.2 Å². The van der Waals surface area contributed by atoms with Crippen molar-refractivity contribution in [3.05, 3.63) is 29.6 Å². The molecule has 7 heteroatoms. The number of hydrogen-bond acceptors (Lipinski definition) is 4. The second-order valence-electron chi connectivity index (χ2n) is 4.25. The van der Waals surface area contributed by atoms with Gasteiger partial charge in [0.15, 0.2) is 0 Å². The van der Waals surface area contributed by atoms with Gasteiger partial charge in [0.1, 0.15) is 5.69 Å². The minimum absolute atomic E-state index is 0.00261. The Labute approximate surface area is 110 Å². The number of pyridine rings is 1. The Morgan fingerprint density at radius 3 is 2.68 bits per heavy atom. The number of nitrogens with zero attached hydrogens (tertiary/aromatic N) is 2. The Morgan fingerprint density at radius 1 is 1.37 bits per heavy atom. The molecule has 2 rings (SSSR count). The van der Waals surface area contributed by atoms with Gasteiger partial charge in [-0.05, 0) is 11.6 Å². The van der Waals surface area contributed by atoms with Crippen LogP contribution in [0.5, 0.6) is 0 Å². The van der Waals surface area contributed by atoms with Gasteiger partial charge in [-0.2, -0.15) is 0 Å². The highest BCUT2D eigenvalue weighted by Crippen LogP contribution is 2.01. The van der Waals surface area contributed by atoms with Crippen LogP contribution in [0.1, 0.15) is 16.1 Å². The van der Waals surface area contributed by atoms with Gasteiger partial charge in [-0.1, -0.05) is 6.07 Å². The minimum atomic E-state index is -1.06. The van der Waals surface area contributed by atoms with Crippen molar-refractivity contribution in [3.8, 4) is 0 Å². The van der Waals surface area contributed by atoms with E-state index < -0.39 is 5.97 Å². The van der Waals surface area contributed by atoms with Crippen molar-refractivity contribution in [1.82, 2.24) is 20.5 Å². The van der Waals surface area contributed by atoms with E-state index in [-0.39, 0.29) is 11.7 Å². The summed E-state index contributed by atoms with van der Waals surface area (Å²) in [5, 5.41) is 14.7. The van der Waals surface area contributed by atoms with Gasteiger partial charge in [0.2, 0.25) is 0 Å². The molecule has 1 saturated heterocycles. The number of nitrogens with one attached hydrogen (secondary N) is 2. The second kappa shape index (κ2) is 6.14. The standard InChI is InChI=1S/C12H16N4O3/c17-11(18)10-2-1-9(7-14-10)8-15-12(19)16-5-3-13-4-6-16/h1-2,7,13H,3-6,8H2,(H,15,19)(H,17,18). The van der Waals surface area contributed by atoms with Crippen LogP contribution in [0.2, 0.25) is 0 Å². The van der Waals surface area contributed by atoms with E-state index in [1.165, 1.54) is 12.3 Å². The third-order valence-electron chi connectivity index (χ3n) is 2.89. The molecule has 0 aromatic carbocycles. The molecule has 3 N–H and O–H groups in total. The number of carbonyl (C=O) groups is 2. The number of urea groups is 1. The number of hydrogen-bond donors (Lipinski definition) is 3. The lowest BCUT2D eigenvalue weighted by Crippen LogP contribution is -2.50. The van der Waals surface area contributed by atoms with E-state index >= 15 is 0 Å². The first-order valence-corrected chi connectivity index (χ1v) is 6.08. The van der Waals surface area contributed by atoms with Crippen LogP contribution in [0.4, 0.5) is 4.79 Å². The fourth-order valence-electron chi connectivity index (χ4n) is 1.81. The minimum Gasteiger partial charge on any atom is -0.477 e. The monoisotopic (exact) mass is 264 g/mol. The molecular weight excluding hydrogens is 248 g/mol. The Kier molecular flexibility index (Phi) is 4.30. The summed E-state index contributed by atoms with van der Waals surface area (Å²) >= 11 is 0. The lowest BCUT2D eigenvalue weighted by Gasteiger charge is -2.27. The molecule has 0 spiro atoms. The van der Waals surface area contributed by atoms with E-state index in [1.807, 2.05) is 0 Å². The zero-order valence-electron chi connectivity index (χ0n) is 10.4. The molecule has 1 aromatic heterocycles. The van der Waals surface area contributed by atoms with Gasteiger partial charge in [0.25, 0.3) is 0 Å². The Morgan fingerprint density at radius 2 is 2.11 bits per heavy atom. The number of carboxylic acids is 1. The van der Waals surface area contributed by atoms with E-state index in [0.717, 1.165) is 18.7 Å². The summed E-state index contributed by atoms with van der Waals surface area (Å²) in [7, 11) is 0. The molecule has 19 heavy (non-hydrogen) atoms. The highest BCUT2D eigenvalue weighted by Gasteiger charge is 2.15. The lowest BCUT2D eigenvalue weighted by molar-refractivity contribution is 0.0690. The van der Waals surface area contributed by atoms with Crippen molar-refractivity contribution >= 4 is 12.0 Å². The van der Waals surface area contributed by atoms with Crippen LogP contribution >= 0.6 is 0 Å². The maximum Gasteiger partial charge on any atom is 0.354 e. The topological polar surface area (TPSA) is 94.6 Å². The molecule has 1 aromatic rings. The Balaban J connectivity index is 1.84. The quantitative estimate of drug-likeness (QED) is 0.708. The zero-order chi connectivity index (χ0) is 13.7. The van der Waals surface area contributed by atoms with Crippen molar-refractivity contribution in [1.29, 1.82) is 0 Å². The van der Waals surface area contributed by atoms with E-state index in [1.54, 1.807) is 11.0 Å². The summed E-state index contributed by atoms with van der Waals surface area (Å²) in [6.45, 7) is 3.35. The molecule has 0 saturated carbocycles. The van der Waals surface area contributed by atoms with E-state index in [9.17, 15) is 9.59 Å². The number of piperazine rings is 1. The van der Waals surface area contributed by atoms with Crippen LogP contribution in [0.3, 0.4) is 0 Å². The van der Waals surface area contributed by atoms with Gasteiger partial charge in [0.05, 0.1) is 0 Å². The van der Waals surface area contributed by atoms with Crippen molar-refractivity contribution in [2.45, 2.75) is 6.54 Å². The maximum absolute atomic E-state index is 11.8. The summed E-state index contributed by atoms with van der Waals surface area (Å²) in [5.74, 6) is -1.06. The first-order chi connectivity index (χ1) is 9.16. The zero-order valence-corrected chi connectivity index (χ0v) is 10.4. The first-order valence-electron chi connectivity index (χ1n) is 6.08. The molecule has 1 aliphatic rings. The van der Waals surface area contributed by atoms with E-state index in [2.05, 4.69) is 15.6 Å². The number of rotatable bonds is 3. The molecule has 0 bridgehead atoms. The molecule has 2 heterocycles. The summed E-state index contributed by atoms with van der Waals surface area (Å²) in [6, 6.07) is 2.96. The van der Waals surface area contributed by atoms with Gasteiger partial charge >= 0.3 is 12.0 Å². The predicted octanol–water partition coefficient (Wildman–Crippen LogP) is -0.105. The number of aromatic carboxylic acids is 1. The van der Waals surface area contributed by atoms with E-state index in [0.29, 0.717) is 19.6 Å². The van der Waals surface area contributed by atoms with Crippen molar-refractivity contribution in [2.24, 2.45) is 0 Å². The fraction of sp³-hybridized carbons (Fsp3) is 0.417. The average Bonchev–Trinajstić information content (AvgIpc) is 2.46. The smallest absolute Gasteiger partial charge is 0.354 e. The van der Waals surface area contributed by atoms with Gasteiger partial charge in [-0.3, -0.25) is 0 Å². The number of amides is 2. The SMILES string of the molecule is O=C(O)c1ccc(CNC(=O)N2CCNCC2)cn1. The molecule has 2 amide bonds. The highest BCUT2D eigenvalue weighted by atomic mass is 16.4. The first kappa shape index (κ1) is 13.3. The molecule has 0 radical (unpaired) electrons. The molecule has 0 aliphatic carbocycles. The highest BCUT2D eigenvalue weighted by molar-refractivity contribution is 5.85. The van der Waals surface area contributed by atoms with Crippen LogP contribution in [0.15, 0.2) is 18.3 Å². The summed E-state index contributed by atoms with van der Waals surface area (Å²) in [6.07, 6.45) is 1.46. The third-order valence-corrected chi connectivity index (χ3v) is 2.89. The molecule has 0 atom stereocenters. The van der Waals surface area contributed by atoms with Gasteiger partial charge in [-0.25, -0.2) is 14.6 Å². The average molecular weight is 264 g/mol. The van der Waals surface area contributed by atoms with Crippen LogP contribution in [-0.2, 0) is 6.54 Å². The number of aromatic nitrogens is 1. The molecule has 1 fully saturated rings. The Bertz CT molecular complexity index is 455. The van der Waals surface area contributed by atoms with Crippen LogP contribution < -0.4 is 10.6 Å². The molecule has 0 unspecified atom stereocenters. The van der Waals surface area contributed by atoms with Crippen molar-refractivity contribution in [3.63, 3.8) is 0 Å². The maximum atomic E-state index is 11.8. The predicted molar refractivity (Wildman–Crippen MR) is 67.9 cm³/mol. The van der Waals surface area contributed by atoms with E-state index in [4.69, 9.17) is 5.11 Å². The van der Waals surface area contributed by atoms with Gasteiger partial charge in [-0.15, -0.1) is 0 Å². The van der Waals surface area contributed by atoms with Crippen LogP contribution in [0, 0.1) is 0 Å². The van der Waals surface area contributed by atoms with Gasteiger partial charge in [0, 0.05) is 38.9 Å². The van der Waals surface area contributed by atoms with Gasteiger partial charge < -0.3 is 20.6 Å². The van der Waals surface area contributed by atoms with Crippen molar-refractivity contribution < 1.29 is 14.7 Å². The molecule has 102 valence electrons. The third kappa shape index (κ3) is 3.65. The molecule has 1 aliphatic heterocycles. The summed E-state index contributed by atoms with van der Waals surface area (Å²) < 4.78 is 0. The Hall–Kier alpha value is -2.15. The number of carbonyl (C=O) groups excluding carboxylic acids is 1. The lowest BCUT2D eigenvalue weighted by atomic mass is 10.2. The summed E-state index contributed by atoms with van der Waals surface area (Å²) in [4.78, 5) is 28.0. The second-order valence-corrected chi connectivity index (χ2v) is 4.25. The van der Waals surface area contributed by atoms with Crippen LogP contribution in [0.25, 0.3) is 0 Å². The molecular formula is C12H16N4O3. The normalized spacial score (nSPS) is 15.1. The number of carboxylic acid groups (broad SMARTS) is 1. The fourth-order valence-corrected chi connectivity index (χ4v) is 1.81. The largest absolute Gasteiger partial charge is 0.477 e. The summed E-state index contributed by atoms with van der Waals surface area (Å²) in [5.41, 5.74) is 0.769.